The average Bonchev–Trinajstić information content (AvgIpc) is 2.26. The smallest absolute Gasteiger partial charge is 0.0832 e. The monoisotopic (exact) mass is 394 g/mol. The molecule has 0 aliphatic rings. The summed E-state index contributed by atoms with van der Waals surface area (Å²) >= 11 is 42.0. The average molecular weight is 397 g/mol. The molecule has 2 rings (SSSR count). The molecular formula is C12H5Cl7. The summed E-state index contributed by atoms with van der Waals surface area (Å²) in [5, 5.41) is 1.79. The molecule has 2 aromatic rings. The van der Waals surface area contributed by atoms with E-state index >= 15 is 0 Å². The molecule has 0 spiro atoms. The van der Waals surface area contributed by atoms with Crippen molar-refractivity contribution in [3.05, 3.63) is 46.5 Å². The van der Waals surface area contributed by atoms with Gasteiger partial charge in [-0.3, -0.25) is 0 Å². The Morgan fingerprint density at radius 1 is 0.789 bits per heavy atom. The van der Waals surface area contributed by atoms with Gasteiger partial charge in [-0.05, 0) is 11.5 Å². The molecule has 0 bridgehead atoms. The van der Waals surface area contributed by atoms with E-state index in [0.29, 0.717) is 0 Å². The Kier molecular flexibility index (Phi) is 4.66. The van der Waals surface area contributed by atoms with Gasteiger partial charge in [0.15, 0.2) is 0 Å². The maximum absolute atomic E-state index is 6.31. The minimum atomic E-state index is -1.79. The molecule has 0 aliphatic heterocycles. The molecule has 0 fully saturated rings. The van der Waals surface area contributed by atoms with Gasteiger partial charge in [0.25, 0.3) is 0 Å². The zero-order valence-corrected chi connectivity index (χ0v) is 14.3. The van der Waals surface area contributed by atoms with Crippen molar-refractivity contribution in [1.82, 2.24) is 0 Å². The quantitative estimate of drug-likeness (QED) is 0.414. The van der Waals surface area contributed by atoms with Gasteiger partial charge in [-0.15, -0.1) is 0 Å². The van der Waals surface area contributed by atoms with Crippen molar-refractivity contribution in [3.63, 3.8) is 0 Å². The van der Waals surface area contributed by atoms with E-state index in [1.54, 1.807) is 12.1 Å². The Morgan fingerprint density at radius 3 is 1.89 bits per heavy atom. The number of rotatable bonds is 0. The highest BCUT2D eigenvalue weighted by atomic mass is 35.6. The molecule has 0 amide bonds. The summed E-state index contributed by atoms with van der Waals surface area (Å²) in [5.41, 5.74) is 0.430. The predicted octanol–water partition coefficient (Wildman–Crippen LogP) is 7.15. The summed E-state index contributed by atoms with van der Waals surface area (Å²) in [6.07, 6.45) is 0. The highest BCUT2D eigenvalue weighted by Crippen LogP contribution is 2.52. The van der Waals surface area contributed by atoms with Gasteiger partial charge in [0, 0.05) is 16.5 Å². The molecule has 0 saturated heterocycles. The number of alkyl halides is 6. The van der Waals surface area contributed by atoms with Gasteiger partial charge in [-0.25, -0.2) is 0 Å². The molecule has 19 heavy (non-hydrogen) atoms. The first-order valence-corrected chi connectivity index (χ1v) is 7.62. The van der Waals surface area contributed by atoms with Gasteiger partial charge in [0.1, 0.15) is 0 Å². The summed E-state index contributed by atoms with van der Waals surface area (Å²) in [4.78, 5) is 0. The van der Waals surface area contributed by atoms with Gasteiger partial charge in [-0.1, -0.05) is 105 Å². The molecule has 0 radical (unpaired) electrons. The molecule has 0 aromatic heterocycles. The number of benzene rings is 2. The lowest BCUT2D eigenvalue weighted by Gasteiger charge is -2.23. The highest BCUT2D eigenvalue weighted by molar-refractivity contribution is 6.69. The molecule has 0 atom stereocenters. The van der Waals surface area contributed by atoms with Crippen LogP contribution >= 0.6 is 81.2 Å². The Morgan fingerprint density at radius 2 is 1.37 bits per heavy atom. The van der Waals surface area contributed by atoms with E-state index in [2.05, 4.69) is 0 Å². The Balaban J connectivity index is 2.93. The zero-order valence-electron chi connectivity index (χ0n) is 9.03. The summed E-state index contributed by atoms with van der Waals surface area (Å²) in [6, 6.07) is 8.97. The first-order chi connectivity index (χ1) is 8.62. The zero-order chi connectivity index (χ0) is 14.4. The standard InChI is InChI=1S/C12H5Cl7/c13-10-7-4-2-1-3-6(7)5-8(11(14,15)16)9(10)12(17,18)19/h1-5H. The maximum atomic E-state index is 6.31. The molecule has 0 aliphatic carbocycles. The number of halogens is 7. The number of hydrogen-bond acceptors (Lipinski definition) is 0. The second-order valence-corrected chi connectivity index (χ2v) is 8.77. The van der Waals surface area contributed by atoms with E-state index < -0.39 is 7.59 Å². The van der Waals surface area contributed by atoms with Crippen LogP contribution in [0.5, 0.6) is 0 Å². The van der Waals surface area contributed by atoms with Crippen molar-refractivity contribution >= 4 is 92.0 Å². The summed E-state index contributed by atoms with van der Waals surface area (Å²) in [6.45, 7) is 0. The lowest BCUT2D eigenvalue weighted by molar-refractivity contribution is 1.12. The Bertz CT molecular complexity index is 622. The van der Waals surface area contributed by atoms with Crippen molar-refractivity contribution in [2.24, 2.45) is 0 Å². The van der Waals surface area contributed by atoms with Crippen LogP contribution < -0.4 is 0 Å². The van der Waals surface area contributed by atoms with Crippen LogP contribution in [-0.2, 0) is 7.59 Å². The van der Waals surface area contributed by atoms with Gasteiger partial charge in [0.05, 0.1) is 5.02 Å². The van der Waals surface area contributed by atoms with Crippen molar-refractivity contribution < 1.29 is 0 Å². The molecule has 102 valence electrons. The highest BCUT2D eigenvalue weighted by Gasteiger charge is 2.37. The molecular weight excluding hydrogens is 392 g/mol. The van der Waals surface area contributed by atoms with Crippen LogP contribution in [-0.4, -0.2) is 0 Å². The molecule has 0 N–H and O–H groups in total. The molecule has 0 saturated carbocycles. The fraction of sp³-hybridized carbons (Fsp3) is 0.167. The lowest BCUT2D eigenvalue weighted by atomic mass is 10.0. The first-order valence-electron chi connectivity index (χ1n) is 4.98. The van der Waals surface area contributed by atoms with Crippen molar-refractivity contribution in [3.8, 4) is 0 Å². The van der Waals surface area contributed by atoms with Crippen molar-refractivity contribution in [2.75, 3.05) is 0 Å². The third kappa shape index (κ3) is 3.32. The molecule has 2 aromatic carbocycles. The van der Waals surface area contributed by atoms with E-state index in [1.807, 2.05) is 18.2 Å². The summed E-state index contributed by atoms with van der Waals surface area (Å²) in [7, 11) is 0. The Hall–Kier alpha value is 0.730. The van der Waals surface area contributed by atoms with Crippen LogP contribution in [0.3, 0.4) is 0 Å². The second kappa shape index (κ2) is 5.50. The van der Waals surface area contributed by atoms with Crippen LogP contribution in [0.15, 0.2) is 30.3 Å². The third-order valence-corrected chi connectivity index (χ3v) is 4.15. The van der Waals surface area contributed by atoms with Crippen LogP contribution in [0.2, 0.25) is 5.02 Å². The van der Waals surface area contributed by atoms with Gasteiger partial charge >= 0.3 is 0 Å². The van der Waals surface area contributed by atoms with Gasteiger partial charge in [-0.2, -0.15) is 0 Å². The minimum Gasteiger partial charge on any atom is -0.0832 e. The van der Waals surface area contributed by atoms with Gasteiger partial charge in [0.2, 0.25) is 7.59 Å². The van der Waals surface area contributed by atoms with Crippen LogP contribution in [0.25, 0.3) is 10.8 Å². The number of hydrogen-bond donors (Lipinski definition) is 0. The summed E-state index contributed by atoms with van der Waals surface area (Å²) < 4.78 is -3.53. The topological polar surface area (TPSA) is 0 Å². The molecule has 0 heterocycles. The van der Waals surface area contributed by atoms with E-state index in [4.69, 9.17) is 81.2 Å². The normalized spacial score (nSPS) is 13.0. The second-order valence-electron chi connectivity index (χ2n) is 3.83. The lowest BCUT2D eigenvalue weighted by Crippen LogP contribution is -2.13. The van der Waals surface area contributed by atoms with E-state index in [1.165, 1.54) is 0 Å². The fourth-order valence-electron chi connectivity index (χ4n) is 1.80. The summed E-state index contributed by atoms with van der Waals surface area (Å²) in [5.74, 6) is 0. The largest absolute Gasteiger partial charge is 0.217 e. The van der Waals surface area contributed by atoms with Crippen molar-refractivity contribution in [2.45, 2.75) is 7.59 Å². The maximum Gasteiger partial charge on any atom is 0.217 e. The van der Waals surface area contributed by atoms with Crippen LogP contribution in [0, 0.1) is 0 Å². The SMILES string of the molecule is Clc1c(C(Cl)(Cl)Cl)c(C(Cl)(Cl)Cl)cc2ccccc12. The van der Waals surface area contributed by atoms with Gasteiger partial charge < -0.3 is 0 Å². The number of fused-ring (bicyclic) bond motifs is 1. The molecule has 7 heteroatoms. The minimum absolute atomic E-state index is 0.179. The van der Waals surface area contributed by atoms with Crippen LogP contribution in [0.1, 0.15) is 11.1 Å². The van der Waals surface area contributed by atoms with E-state index in [-0.39, 0.29) is 16.1 Å². The van der Waals surface area contributed by atoms with Crippen molar-refractivity contribution in [1.29, 1.82) is 0 Å². The van der Waals surface area contributed by atoms with E-state index in [0.717, 1.165) is 10.8 Å². The fourth-order valence-corrected chi connectivity index (χ4v) is 3.40. The van der Waals surface area contributed by atoms with E-state index in [9.17, 15) is 0 Å². The van der Waals surface area contributed by atoms with Crippen LogP contribution in [0.4, 0.5) is 0 Å². The predicted molar refractivity (Wildman–Crippen MR) is 87.4 cm³/mol. The molecule has 0 unspecified atom stereocenters. The third-order valence-electron chi connectivity index (χ3n) is 2.57. The first kappa shape index (κ1) is 16.1. The molecule has 0 nitrogen and oxygen atoms in total. The Labute approximate surface area is 145 Å².